The zero-order valence-electron chi connectivity index (χ0n) is 25.3. The number of rotatable bonds is 12. The molecule has 0 N–H and O–H groups in total. The Bertz CT molecular complexity index is 1910. The van der Waals surface area contributed by atoms with Gasteiger partial charge in [-0.1, -0.05) is 72.6 Å². The molecule has 0 saturated carbocycles. The van der Waals surface area contributed by atoms with E-state index >= 15 is 0 Å². The summed E-state index contributed by atoms with van der Waals surface area (Å²) in [7, 11) is -2.70. The smallest absolute Gasteiger partial charge is 0.277 e. The number of fused-ring (bicyclic) bond motifs is 2. The van der Waals surface area contributed by atoms with Crippen molar-refractivity contribution in [2.24, 2.45) is 0 Å². The minimum absolute atomic E-state index is 0.0293. The van der Waals surface area contributed by atoms with Gasteiger partial charge in [0, 0.05) is 43.4 Å². The SMILES string of the molecule is COCCCN(C(=O)Cc1nc2ccccc2n1Cc1ccccc1CN1CCCCC1)S(=O)(=O)c1sc2ccccc2c1Cl. The number of nitrogens with zero attached hydrogens (tertiary/aromatic N) is 4. The van der Waals surface area contributed by atoms with Crippen LogP contribution in [0.2, 0.25) is 5.02 Å². The Morgan fingerprint density at radius 3 is 2.40 bits per heavy atom. The fraction of sp³-hybridized carbons (Fsp3) is 0.353. The molecule has 1 amide bonds. The van der Waals surface area contributed by atoms with Gasteiger partial charge in [-0.15, -0.1) is 11.3 Å². The van der Waals surface area contributed by atoms with Crippen LogP contribution in [0.4, 0.5) is 0 Å². The molecule has 2 aromatic heterocycles. The van der Waals surface area contributed by atoms with Gasteiger partial charge in [0.1, 0.15) is 5.82 Å². The van der Waals surface area contributed by atoms with Crippen LogP contribution in [-0.2, 0) is 39.1 Å². The summed E-state index contributed by atoms with van der Waals surface area (Å²) in [5.41, 5.74) is 4.06. The maximum absolute atomic E-state index is 14.1. The minimum atomic E-state index is -4.25. The van der Waals surface area contributed by atoms with Crippen molar-refractivity contribution in [1.29, 1.82) is 0 Å². The number of imidazole rings is 1. The van der Waals surface area contributed by atoms with Crippen molar-refractivity contribution in [2.75, 3.05) is 33.4 Å². The van der Waals surface area contributed by atoms with Crippen LogP contribution in [0.3, 0.4) is 0 Å². The second-order valence-corrected chi connectivity index (χ2v) is 14.9. The van der Waals surface area contributed by atoms with E-state index in [9.17, 15) is 13.2 Å². The summed E-state index contributed by atoms with van der Waals surface area (Å²) in [6.07, 6.45) is 3.89. The predicted molar refractivity (Wildman–Crippen MR) is 180 cm³/mol. The lowest BCUT2D eigenvalue weighted by Gasteiger charge is -2.27. The molecule has 45 heavy (non-hydrogen) atoms. The quantitative estimate of drug-likeness (QED) is 0.138. The Hall–Kier alpha value is -3.28. The molecule has 1 aliphatic rings. The molecule has 8 nitrogen and oxygen atoms in total. The number of methoxy groups -OCH3 is 1. The standard InChI is InChI=1S/C34H37ClN4O4S2/c1-43-21-11-20-39(45(41,42)34-33(35)27-14-5-8-17-30(27)44-34)32(40)22-31-36-28-15-6-7-16-29(28)38(31)24-26-13-4-3-12-25(26)23-37-18-9-2-10-19-37/h3-8,12-17H,2,9-11,18-24H2,1H3. The predicted octanol–water partition coefficient (Wildman–Crippen LogP) is 6.74. The van der Waals surface area contributed by atoms with Crippen LogP contribution < -0.4 is 0 Å². The van der Waals surface area contributed by atoms with Crippen LogP contribution in [0.25, 0.3) is 21.1 Å². The highest BCUT2D eigenvalue weighted by Gasteiger charge is 2.34. The van der Waals surface area contributed by atoms with E-state index in [4.69, 9.17) is 21.3 Å². The van der Waals surface area contributed by atoms with E-state index < -0.39 is 15.9 Å². The summed E-state index contributed by atoms with van der Waals surface area (Å²) in [6, 6.07) is 23.5. The molecule has 0 radical (unpaired) electrons. The van der Waals surface area contributed by atoms with Crippen LogP contribution >= 0.6 is 22.9 Å². The lowest BCUT2D eigenvalue weighted by Crippen LogP contribution is -2.39. The molecule has 3 heterocycles. The number of halogens is 1. The van der Waals surface area contributed by atoms with Crippen molar-refractivity contribution >= 4 is 60.0 Å². The van der Waals surface area contributed by atoms with Crippen molar-refractivity contribution in [3.63, 3.8) is 0 Å². The van der Waals surface area contributed by atoms with Gasteiger partial charge in [0.2, 0.25) is 5.91 Å². The molecule has 3 aromatic carbocycles. The maximum Gasteiger partial charge on any atom is 0.277 e. The average molecular weight is 665 g/mol. The monoisotopic (exact) mass is 664 g/mol. The van der Waals surface area contributed by atoms with Crippen LogP contribution in [0.1, 0.15) is 42.6 Å². The lowest BCUT2D eigenvalue weighted by atomic mass is 10.0. The second-order valence-electron chi connectivity index (χ2n) is 11.4. The Balaban J connectivity index is 1.34. The number of amides is 1. The van der Waals surface area contributed by atoms with Crippen molar-refractivity contribution < 1.29 is 17.9 Å². The summed E-state index contributed by atoms with van der Waals surface area (Å²) in [6.45, 7) is 3.87. The molecular formula is C34H37ClN4O4S2. The molecule has 6 rings (SSSR count). The number of hydrogen-bond donors (Lipinski definition) is 0. The molecule has 11 heteroatoms. The van der Waals surface area contributed by atoms with Gasteiger partial charge in [0.05, 0.1) is 22.5 Å². The fourth-order valence-electron chi connectivity index (χ4n) is 6.04. The normalized spacial score (nSPS) is 14.4. The highest BCUT2D eigenvalue weighted by molar-refractivity contribution is 7.92. The minimum Gasteiger partial charge on any atom is -0.385 e. The third-order valence-corrected chi connectivity index (χ3v) is 12.5. The van der Waals surface area contributed by atoms with E-state index in [0.29, 0.717) is 30.8 Å². The highest BCUT2D eigenvalue weighted by Crippen LogP contribution is 2.40. The van der Waals surface area contributed by atoms with Crippen LogP contribution in [0.15, 0.2) is 77.0 Å². The summed E-state index contributed by atoms with van der Waals surface area (Å²) >= 11 is 7.69. The number of likely N-dealkylation sites (tertiary alicyclic amines) is 1. The van der Waals surface area contributed by atoms with E-state index in [1.807, 2.05) is 48.5 Å². The first kappa shape index (κ1) is 31.7. The number of sulfonamides is 1. The summed E-state index contributed by atoms with van der Waals surface area (Å²) in [5.74, 6) is -0.0406. The molecular weight excluding hydrogens is 628 g/mol. The molecule has 5 aromatic rings. The zero-order chi connectivity index (χ0) is 31.4. The molecule has 1 aliphatic heterocycles. The molecule has 0 aliphatic carbocycles. The van der Waals surface area contributed by atoms with E-state index in [0.717, 1.165) is 56.6 Å². The van der Waals surface area contributed by atoms with Crippen LogP contribution in [-0.4, -0.2) is 66.4 Å². The number of ether oxygens (including phenoxy) is 1. The van der Waals surface area contributed by atoms with Gasteiger partial charge in [0.15, 0.2) is 4.21 Å². The molecule has 0 spiro atoms. The van der Waals surface area contributed by atoms with Gasteiger partial charge in [-0.3, -0.25) is 9.69 Å². The maximum atomic E-state index is 14.1. The fourth-order valence-corrected chi connectivity index (χ4v) is 9.70. The van der Waals surface area contributed by atoms with Gasteiger partial charge in [-0.05, 0) is 61.7 Å². The van der Waals surface area contributed by atoms with Gasteiger partial charge in [-0.25, -0.2) is 17.7 Å². The summed E-state index contributed by atoms with van der Waals surface area (Å²) in [4.78, 5) is 21.4. The Morgan fingerprint density at radius 1 is 0.956 bits per heavy atom. The first-order valence-corrected chi connectivity index (χ1v) is 17.9. The van der Waals surface area contributed by atoms with E-state index in [2.05, 4.69) is 27.7 Å². The number of benzene rings is 3. The lowest BCUT2D eigenvalue weighted by molar-refractivity contribution is -0.126. The first-order chi connectivity index (χ1) is 21.9. The van der Waals surface area contributed by atoms with E-state index in [1.54, 1.807) is 13.2 Å². The number of thiophene rings is 1. The molecule has 0 unspecified atom stereocenters. The zero-order valence-corrected chi connectivity index (χ0v) is 27.7. The third kappa shape index (κ3) is 6.80. The van der Waals surface area contributed by atoms with E-state index in [-0.39, 0.29) is 22.2 Å². The topological polar surface area (TPSA) is 84.7 Å². The number of para-hydroxylation sites is 2. The van der Waals surface area contributed by atoms with Crippen LogP contribution in [0.5, 0.6) is 0 Å². The number of carbonyl (C=O) groups is 1. The molecule has 236 valence electrons. The Labute approximate surface area is 273 Å². The van der Waals surface area contributed by atoms with Gasteiger partial charge in [-0.2, -0.15) is 0 Å². The molecule has 0 bridgehead atoms. The van der Waals surface area contributed by atoms with Gasteiger partial charge < -0.3 is 9.30 Å². The third-order valence-electron chi connectivity index (χ3n) is 8.35. The molecule has 1 saturated heterocycles. The largest absolute Gasteiger partial charge is 0.385 e. The molecule has 0 atom stereocenters. The van der Waals surface area contributed by atoms with E-state index in [1.165, 1.54) is 24.8 Å². The van der Waals surface area contributed by atoms with Crippen molar-refractivity contribution in [3.05, 3.63) is 94.8 Å². The summed E-state index contributed by atoms with van der Waals surface area (Å²) in [5, 5.41) is 0.787. The van der Waals surface area contributed by atoms with Gasteiger partial charge >= 0.3 is 0 Å². The highest BCUT2D eigenvalue weighted by atomic mass is 35.5. The average Bonchev–Trinajstić information content (AvgIpc) is 3.58. The van der Waals surface area contributed by atoms with Crippen molar-refractivity contribution in [3.8, 4) is 0 Å². The van der Waals surface area contributed by atoms with Crippen molar-refractivity contribution in [2.45, 2.75) is 49.4 Å². The summed E-state index contributed by atoms with van der Waals surface area (Å²) < 4.78 is 37.1. The van der Waals surface area contributed by atoms with Crippen LogP contribution in [0, 0.1) is 0 Å². The van der Waals surface area contributed by atoms with Gasteiger partial charge in [0.25, 0.3) is 10.0 Å². The number of aromatic nitrogens is 2. The first-order valence-electron chi connectivity index (χ1n) is 15.3. The number of carbonyl (C=O) groups excluding carboxylic acids is 1. The second kappa shape index (κ2) is 14.0. The van der Waals surface area contributed by atoms with Crippen molar-refractivity contribution in [1.82, 2.24) is 18.8 Å². The molecule has 1 fully saturated rings. The number of hydrogen-bond acceptors (Lipinski definition) is 7. The Kier molecular flexibility index (Phi) is 9.87. The number of piperidine rings is 1. The Morgan fingerprint density at radius 2 is 1.64 bits per heavy atom.